The van der Waals surface area contributed by atoms with Gasteiger partial charge in [-0.3, -0.25) is 4.90 Å². The van der Waals surface area contributed by atoms with Gasteiger partial charge in [0.2, 0.25) is 0 Å². The molecule has 1 unspecified atom stereocenters. The first-order valence-corrected chi connectivity index (χ1v) is 10.7. The molecule has 0 spiro atoms. The molecule has 3 aromatic carbocycles. The fraction of sp³-hybridized carbons (Fsp3) is 0.259. The van der Waals surface area contributed by atoms with E-state index in [0.717, 1.165) is 16.7 Å². The van der Waals surface area contributed by atoms with E-state index in [2.05, 4.69) is 0 Å². The molecule has 3 aromatic rings. The van der Waals surface area contributed by atoms with E-state index in [9.17, 15) is 9.59 Å². The van der Waals surface area contributed by atoms with Crippen LogP contribution in [0.5, 0.6) is 0 Å². The van der Waals surface area contributed by atoms with Gasteiger partial charge in [0, 0.05) is 0 Å². The highest BCUT2D eigenvalue weighted by atomic mass is 16.6. The standard InChI is InChI=1S/C27H27NO4/c1-26(2,3)32-24(29)27(22-15-8-5-9-16-22)23-17-11-10-14-21(23)18-28(27)25(30)31-19-20-12-6-4-7-13-20/h4-17H,18-19H2,1-3H3. The van der Waals surface area contributed by atoms with E-state index in [-0.39, 0.29) is 13.2 Å². The maximum absolute atomic E-state index is 13.9. The number of benzene rings is 3. The third kappa shape index (κ3) is 3.98. The number of fused-ring (bicyclic) bond motifs is 1. The second-order valence-electron chi connectivity index (χ2n) is 8.86. The van der Waals surface area contributed by atoms with E-state index in [0.29, 0.717) is 5.56 Å². The van der Waals surface area contributed by atoms with Gasteiger partial charge in [-0.1, -0.05) is 84.9 Å². The third-order valence-electron chi connectivity index (χ3n) is 5.45. The molecule has 0 aliphatic carbocycles. The van der Waals surface area contributed by atoms with Gasteiger partial charge in [0.1, 0.15) is 12.2 Å². The van der Waals surface area contributed by atoms with E-state index in [1.165, 1.54) is 4.90 Å². The minimum Gasteiger partial charge on any atom is -0.458 e. The predicted molar refractivity (Wildman–Crippen MR) is 122 cm³/mol. The zero-order chi connectivity index (χ0) is 22.8. The summed E-state index contributed by atoms with van der Waals surface area (Å²) in [6.45, 7) is 5.83. The van der Waals surface area contributed by atoms with Crippen molar-refractivity contribution in [2.24, 2.45) is 0 Å². The molecule has 0 fully saturated rings. The topological polar surface area (TPSA) is 55.8 Å². The number of hydrogen-bond donors (Lipinski definition) is 0. The van der Waals surface area contributed by atoms with Crippen LogP contribution in [-0.2, 0) is 33.0 Å². The third-order valence-corrected chi connectivity index (χ3v) is 5.45. The molecule has 4 rings (SSSR count). The molecule has 1 aliphatic heterocycles. The summed E-state index contributed by atoms with van der Waals surface area (Å²) in [6.07, 6.45) is -0.570. The lowest BCUT2D eigenvalue weighted by molar-refractivity contribution is -0.166. The van der Waals surface area contributed by atoms with Crippen molar-refractivity contribution in [2.75, 3.05) is 0 Å². The van der Waals surface area contributed by atoms with Gasteiger partial charge in [0.05, 0.1) is 6.54 Å². The average molecular weight is 430 g/mol. The molecule has 1 heterocycles. The van der Waals surface area contributed by atoms with Crippen LogP contribution < -0.4 is 0 Å². The first-order valence-electron chi connectivity index (χ1n) is 10.7. The molecule has 32 heavy (non-hydrogen) atoms. The molecule has 5 heteroatoms. The van der Waals surface area contributed by atoms with Crippen molar-refractivity contribution in [3.63, 3.8) is 0 Å². The Morgan fingerprint density at radius 1 is 0.875 bits per heavy atom. The smallest absolute Gasteiger partial charge is 0.411 e. The van der Waals surface area contributed by atoms with Crippen molar-refractivity contribution in [1.29, 1.82) is 0 Å². The zero-order valence-corrected chi connectivity index (χ0v) is 18.6. The van der Waals surface area contributed by atoms with Crippen LogP contribution in [0, 0.1) is 0 Å². The summed E-state index contributed by atoms with van der Waals surface area (Å²) in [5.74, 6) is -0.502. The van der Waals surface area contributed by atoms with Gasteiger partial charge in [0.25, 0.3) is 0 Å². The summed E-state index contributed by atoms with van der Waals surface area (Å²) < 4.78 is 11.6. The summed E-state index contributed by atoms with van der Waals surface area (Å²) in [5, 5.41) is 0. The normalized spacial score (nSPS) is 17.5. The molecule has 1 atom stereocenters. The number of carbonyl (C=O) groups excluding carboxylic acids is 2. The SMILES string of the molecule is CC(C)(C)OC(=O)C1(c2ccccc2)c2ccccc2CN1C(=O)OCc1ccccc1. The van der Waals surface area contributed by atoms with Crippen molar-refractivity contribution < 1.29 is 19.1 Å². The first kappa shape index (κ1) is 21.6. The van der Waals surface area contributed by atoms with E-state index in [4.69, 9.17) is 9.47 Å². The van der Waals surface area contributed by atoms with Crippen LogP contribution in [0.25, 0.3) is 0 Å². The predicted octanol–water partition coefficient (Wildman–Crippen LogP) is 5.42. The molecule has 0 radical (unpaired) electrons. The lowest BCUT2D eigenvalue weighted by Gasteiger charge is -2.38. The monoisotopic (exact) mass is 429 g/mol. The number of rotatable bonds is 4. The van der Waals surface area contributed by atoms with Gasteiger partial charge in [0.15, 0.2) is 5.54 Å². The number of esters is 1. The molecule has 0 saturated heterocycles. The largest absolute Gasteiger partial charge is 0.458 e. The van der Waals surface area contributed by atoms with Gasteiger partial charge < -0.3 is 9.47 Å². The maximum Gasteiger partial charge on any atom is 0.411 e. The van der Waals surface area contributed by atoms with Crippen molar-refractivity contribution >= 4 is 12.1 Å². The minimum atomic E-state index is -1.43. The van der Waals surface area contributed by atoms with Gasteiger partial charge >= 0.3 is 12.1 Å². The van der Waals surface area contributed by atoms with Crippen LogP contribution in [-0.4, -0.2) is 22.6 Å². The Balaban J connectivity index is 1.80. The van der Waals surface area contributed by atoms with Crippen LogP contribution in [0.2, 0.25) is 0 Å². The average Bonchev–Trinajstić information content (AvgIpc) is 3.14. The van der Waals surface area contributed by atoms with Crippen LogP contribution in [0.4, 0.5) is 4.79 Å². The van der Waals surface area contributed by atoms with Gasteiger partial charge in [-0.05, 0) is 43.0 Å². The van der Waals surface area contributed by atoms with Crippen molar-refractivity contribution in [3.05, 3.63) is 107 Å². The molecule has 0 saturated carbocycles. The van der Waals surface area contributed by atoms with Crippen molar-refractivity contribution in [3.8, 4) is 0 Å². The molecule has 0 aromatic heterocycles. The maximum atomic E-state index is 13.9. The molecule has 1 aliphatic rings. The van der Waals surface area contributed by atoms with Gasteiger partial charge in [-0.25, -0.2) is 9.59 Å². The highest BCUT2D eigenvalue weighted by Gasteiger charge is 2.57. The van der Waals surface area contributed by atoms with E-state index in [1.807, 2.05) is 106 Å². The number of amides is 1. The Bertz CT molecular complexity index is 1110. The van der Waals surface area contributed by atoms with Gasteiger partial charge in [-0.15, -0.1) is 0 Å². The Morgan fingerprint density at radius 2 is 1.47 bits per heavy atom. The van der Waals surface area contributed by atoms with Crippen LogP contribution in [0.15, 0.2) is 84.9 Å². The van der Waals surface area contributed by atoms with E-state index in [1.54, 1.807) is 0 Å². The fourth-order valence-electron chi connectivity index (χ4n) is 4.12. The van der Waals surface area contributed by atoms with Gasteiger partial charge in [-0.2, -0.15) is 0 Å². The second-order valence-corrected chi connectivity index (χ2v) is 8.86. The molecular formula is C27H27NO4. The number of carbonyl (C=O) groups is 2. The number of ether oxygens (including phenoxy) is 2. The summed E-state index contributed by atoms with van der Waals surface area (Å²) >= 11 is 0. The lowest BCUT2D eigenvalue weighted by Crippen LogP contribution is -2.53. The summed E-state index contributed by atoms with van der Waals surface area (Å²) in [6, 6.07) is 26.4. The van der Waals surface area contributed by atoms with E-state index < -0.39 is 23.2 Å². The van der Waals surface area contributed by atoms with E-state index >= 15 is 0 Å². The Hall–Kier alpha value is -3.60. The molecule has 0 N–H and O–H groups in total. The highest BCUT2D eigenvalue weighted by Crippen LogP contribution is 2.46. The Kier molecular flexibility index (Phi) is 5.74. The van der Waals surface area contributed by atoms with Crippen molar-refractivity contribution in [1.82, 2.24) is 4.90 Å². The molecule has 0 bridgehead atoms. The number of nitrogens with zero attached hydrogens (tertiary/aromatic N) is 1. The van der Waals surface area contributed by atoms with Crippen molar-refractivity contribution in [2.45, 2.75) is 45.1 Å². The summed E-state index contributed by atoms with van der Waals surface area (Å²) in [7, 11) is 0. The molecule has 164 valence electrons. The number of hydrogen-bond acceptors (Lipinski definition) is 4. The summed E-state index contributed by atoms with van der Waals surface area (Å²) in [4.78, 5) is 28.8. The fourth-order valence-corrected chi connectivity index (χ4v) is 4.12. The first-order chi connectivity index (χ1) is 15.3. The molecule has 5 nitrogen and oxygen atoms in total. The van der Waals surface area contributed by atoms with Crippen LogP contribution >= 0.6 is 0 Å². The molecular weight excluding hydrogens is 402 g/mol. The minimum absolute atomic E-state index is 0.117. The quantitative estimate of drug-likeness (QED) is 0.520. The lowest BCUT2D eigenvalue weighted by atomic mass is 9.82. The Morgan fingerprint density at radius 3 is 2.12 bits per heavy atom. The van der Waals surface area contributed by atoms with Crippen LogP contribution in [0.3, 0.4) is 0 Å². The van der Waals surface area contributed by atoms with Crippen LogP contribution in [0.1, 0.15) is 43.0 Å². The Labute approximate surface area is 188 Å². The highest BCUT2D eigenvalue weighted by molar-refractivity contribution is 5.93. The zero-order valence-electron chi connectivity index (χ0n) is 18.6. The summed E-state index contributed by atoms with van der Waals surface area (Å²) in [5.41, 5.74) is 1.00. The molecule has 1 amide bonds. The second kappa shape index (κ2) is 8.50.